The van der Waals surface area contributed by atoms with E-state index in [9.17, 15) is 4.79 Å². The molecule has 2 aliphatic heterocycles. The third-order valence-corrected chi connectivity index (χ3v) is 3.88. The third-order valence-electron chi connectivity index (χ3n) is 3.88. The van der Waals surface area contributed by atoms with Crippen molar-refractivity contribution in [3.05, 3.63) is 0 Å². The zero-order valence-corrected chi connectivity index (χ0v) is 10.2. The van der Waals surface area contributed by atoms with Crippen molar-refractivity contribution >= 4 is 5.91 Å². The van der Waals surface area contributed by atoms with Gasteiger partial charge in [0.2, 0.25) is 5.91 Å². The summed E-state index contributed by atoms with van der Waals surface area (Å²) in [6.45, 7) is 3.16. The zero-order valence-electron chi connectivity index (χ0n) is 10.2. The molecule has 5 heteroatoms. The van der Waals surface area contributed by atoms with Crippen LogP contribution in [0.2, 0.25) is 0 Å². The van der Waals surface area contributed by atoms with Crippen molar-refractivity contribution in [1.29, 1.82) is 0 Å². The smallest absolute Gasteiger partial charge is 0.227 e. The predicted molar refractivity (Wildman–Crippen MR) is 63.5 cm³/mol. The van der Waals surface area contributed by atoms with E-state index < -0.39 is 5.41 Å². The summed E-state index contributed by atoms with van der Waals surface area (Å²) in [5, 5.41) is 3.13. The first-order valence-corrected chi connectivity index (χ1v) is 6.43. The van der Waals surface area contributed by atoms with E-state index in [4.69, 9.17) is 15.2 Å². The minimum Gasteiger partial charge on any atom is -0.381 e. The maximum atomic E-state index is 12.3. The van der Waals surface area contributed by atoms with Gasteiger partial charge in [0, 0.05) is 39.0 Å². The maximum Gasteiger partial charge on any atom is 0.227 e. The number of carbonyl (C=O) groups is 1. The summed E-state index contributed by atoms with van der Waals surface area (Å²) in [4.78, 5) is 12.3. The largest absolute Gasteiger partial charge is 0.381 e. The number of ether oxygens (including phenoxy) is 2. The fourth-order valence-electron chi connectivity index (χ4n) is 2.47. The van der Waals surface area contributed by atoms with Crippen LogP contribution in [0.25, 0.3) is 0 Å². The van der Waals surface area contributed by atoms with Gasteiger partial charge in [-0.2, -0.15) is 0 Å². The van der Waals surface area contributed by atoms with Crippen LogP contribution >= 0.6 is 0 Å². The number of nitrogens with two attached hydrogens (primary N) is 1. The number of hydrogen-bond donors (Lipinski definition) is 2. The van der Waals surface area contributed by atoms with Crippen LogP contribution in [-0.2, 0) is 14.3 Å². The van der Waals surface area contributed by atoms with Crippen LogP contribution < -0.4 is 11.1 Å². The van der Waals surface area contributed by atoms with Crippen LogP contribution in [0.4, 0.5) is 0 Å². The van der Waals surface area contributed by atoms with Crippen molar-refractivity contribution in [3.8, 4) is 0 Å². The summed E-state index contributed by atoms with van der Waals surface area (Å²) in [6, 6.07) is 0.252. The Hall–Kier alpha value is -0.650. The van der Waals surface area contributed by atoms with Gasteiger partial charge in [-0.1, -0.05) is 0 Å². The van der Waals surface area contributed by atoms with Gasteiger partial charge in [0.05, 0.1) is 5.41 Å². The van der Waals surface area contributed by atoms with Gasteiger partial charge in [-0.05, 0) is 25.7 Å². The van der Waals surface area contributed by atoms with Crippen molar-refractivity contribution in [2.24, 2.45) is 11.1 Å². The number of carbonyl (C=O) groups excluding carboxylic acids is 1. The molecule has 0 aromatic carbocycles. The summed E-state index contributed by atoms with van der Waals surface area (Å²) in [6.07, 6.45) is 3.28. The van der Waals surface area contributed by atoms with E-state index in [1.54, 1.807) is 0 Å². The molecule has 0 aliphatic carbocycles. The lowest BCUT2D eigenvalue weighted by Gasteiger charge is -2.36. The molecule has 2 heterocycles. The molecule has 0 saturated carbocycles. The number of amides is 1. The zero-order chi connectivity index (χ0) is 12.1. The van der Waals surface area contributed by atoms with E-state index in [0.29, 0.717) is 19.8 Å². The Morgan fingerprint density at radius 3 is 2.35 bits per heavy atom. The fraction of sp³-hybridized carbons (Fsp3) is 0.917. The molecule has 17 heavy (non-hydrogen) atoms. The SMILES string of the molecule is NCC1(C(=O)NC2CCOCC2)CCOCC1. The average Bonchev–Trinajstić information content (AvgIpc) is 2.40. The summed E-state index contributed by atoms with van der Waals surface area (Å²) in [5.74, 6) is 0.107. The van der Waals surface area contributed by atoms with Crippen LogP contribution in [0.15, 0.2) is 0 Å². The molecule has 0 radical (unpaired) electrons. The van der Waals surface area contributed by atoms with Crippen molar-refractivity contribution < 1.29 is 14.3 Å². The third kappa shape index (κ3) is 2.97. The molecule has 0 bridgehead atoms. The molecule has 5 nitrogen and oxygen atoms in total. The van der Waals surface area contributed by atoms with E-state index in [-0.39, 0.29) is 11.9 Å². The Morgan fingerprint density at radius 2 is 1.76 bits per heavy atom. The summed E-state index contributed by atoms with van der Waals surface area (Å²) in [7, 11) is 0. The molecular formula is C12H22N2O3. The first kappa shape index (κ1) is 12.8. The second kappa shape index (κ2) is 5.80. The van der Waals surface area contributed by atoms with Crippen LogP contribution in [0.1, 0.15) is 25.7 Å². The van der Waals surface area contributed by atoms with E-state index in [0.717, 1.165) is 38.9 Å². The van der Waals surface area contributed by atoms with Crippen molar-refractivity contribution in [2.75, 3.05) is 33.0 Å². The van der Waals surface area contributed by atoms with Crippen molar-refractivity contribution in [1.82, 2.24) is 5.32 Å². The van der Waals surface area contributed by atoms with Crippen LogP contribution in [0.3, 0.4) is 0 Å². The van der Waals surface area contributed by atoms with Gasteiger partial charge in [0.1, 0.15) is 0 Å². The number of nitrogens with one attached hydrogen (secondary N) is 1. The Kier molecular flexibility index (Phi) is 4.36. The van der Waals surface area contributed by atoms with Gasteiger partial charge in [0.25, 0.3) is 0 Å². The highest BCUT2D eigenvalue weighted by Crippen LogP contribution is 2.30. The van der Waals surface area contributed by atoms with E-state index >= 15 is 0 Å². The van der Waals surface area contributed by atoms with E-state index in [1.165, 1.54) is 0 Å². The topological polar surface area (TPSA) is 73.6 Å². The Balaban J connectivity index is 1.91. The molecule has 2 rings (SSSR count). The van der Waals surface area contributed by atoms with Crippen LogP contribution in [0, 0.1) is 5.41 Å². The molecule has 0 aromatic rings. The molecule has 0 spiro atoms. The van der Waals surface area contributed by atoms with Gasteiger partial charge in [-0.3, -0.25) is 4.79 Å². The molecule has 2 saturated heterocycles. The van der Waals surface area contributed by atoms with Gasteiger partial charge < -0.3 is 20.5 Å². The summed E-state index contributed by atoms with van der Waals surface area (Å²) < 4.78 is 10.6. The molecule has 0 aromatic heterocycles. The molecule has 2 aliphatic rings. The minimum atomic E-state index is -0.406. The highest BCUT2D eigenvalue weighted by Gasteiger charge is 2.39. The van der Waals surface area contributed by atoms with Gasteiger partial charge in [-0.25, -0.2) is 0 Å². The van der Waals surface area contributed by atoms with Gasteiger partial charge >= 0.3 is 0 Å². The van der Waals surface area contributed by atoms with Gasteiger partial charge in [0.15, 0.2) is 0 Å². The number of rotatable bonds is 3. The lowest BCUT2D eigenvalue weighted by molar-refractivity contribution is -0.137. The first-order chi connectivity index (χ1) is 8.27. The highest BCUT2D eigenvalue weighted by atomic mass is 16.5. The van der Waals surface area contributed by atoms with E-state index in [2.05, 4.69) is 5.32 Å². The molecule has 2 fully saturated rings. The lowest BCUT2D eigenvalue weighted by Crippen LogP contribution is -2.52. The first-order valence-electron chi connectivity index (χ1n) is 6.43. The quantitative estimate of drug-likeness (QED) is 0.732. The Bertz CT molecular complexity index is 258. The maximum absolute atomic E-state index is 12.3. The normalized spacial score (nSPS) is 25.5. The standard InChI is InChI=1S/C12H22N2O3/c13-9-12(3-7-17-8-4-12)11(15)14-10-1-5-16-6-2-10/h10H,1-9,13H2,(H,14,15). The number of hydrogen-bond acceptors (Lipinski definition) is 4. The fourth-order valence-corrected chi connectivity index (χ4v) is 2.47. The van der Waals surface area contributed by atoms with Crippen molar-refractivity contribution in [2.45, 2.75) is 31.7 Å². The molecular weight excluding hydrogens is 220 g/mol. The van der Waals surface area contributed by atoms with Crippen molar-refractivity contribution in [3.63, 3.8) is 0 Å². The average molecular weight is 242 g/mol. The van der Waals surface area contributed by atoms with Crippen LogP contribution in [-0.4, -0.2) is 44.9 Å². The summed E-state index contributed by atoms with van der Waals surface area (Å²) in [5.41, 5.74) is 5.40. The van der Waals surface area contributed by atoms with Gasteiger partial charge in [-0.15, -0.1) is 0 Å². The lowest BCUT2D eigenvalue weighted by atomic mass is 9.79. The minimum absolute atomic E-state index is 0.107. The molecule has 3 N–H and O–H groups in total. The molecule has 1 amide bonds. The second-order valence-corrected chi connectivity index (χ2v) is 4.96. The van der Waals surface area contributed by atoms with E-state index in [1.807, 2.05) is 0 Å². The predicted octanol–water partition coefficient (Wildman–Crippen LogP) is 0.0371. The Morgan fingerprint density at radius 1 is 1.18 bits per heavy atom. The Labute approximate surface area is 102 Å². The second-order valence-electron chi connectivity index (χ2n) is 4.96. The molecule has 0 atom stereocenters. The summed E-state index contributed by atoms with van der Waals surface area (Å²) >= 11 is 0. The van der Waals surface area contributed by atoms with Crippen LogP contribution in [0.5, 0.6) is 0 Å². The molecule has 0 unspecified atom stereocenters. The highest BCUT2D eigenvalue weighted by molar-refractivity contribution is 5.83. The molecule has 98 valence electrons. The monoisotopic (exact) mass is 242 g/mol.